The van der Waals surface area contributed by atoms with Crippen LogP contribution in [0.1, 0.15) is 16.7 Å². The summed E-state index contributed by atoms with van der Waals surface area (Å²) in [5.41, 5.74) is 10.0. The molecule has 0 fully saturated rings. The number of aromatic nitrogens is 4. The summed E-state index contributed by atoms with van der Waals surface area (Å²) in [5.74, 6) is 1.97. The molecule has 0 saturated heterocycles. The lowest BCUT2D eigenvalue weighted by atomic mass is 10.1. The minimum Gasteiger partial charge on any atom is -0.452 e. The van der Waals surface area contributed by atoms with Crippen LogP contribution >= 0.6 is 0 Å². The Morgan fingerprint density at radius 2 is 1.67 bits per heavy atom. The molecule has 0 spiro atoms. The van der Waals surface area contributed by atoms with Crippen molar-refractivity contribution in [3.8, 4) is 5.82 Å². The van der Waals surface area contributed by atoms with Crippen LogP contribution in [0.5, 0.6) is 0 Å². The zero-order chi connectivity index (χ0) is 22.4. The fourth-order valence-corrected chi connectivity index (χ4v) is 5.21. The SMILES string of the molecule is Cc1ccc2c(c1C)n(-c1cc3c(c[n+]1C)oc1ccccc13)c1nc3c(C)cccc3n21. The molecule has 5 nitrogen and oxygen atoms in total. The normalized spacial score (nSPS) is 12.2. The van der Waals surface area contributed by atoms with E-state index in [1.54, 1.807) is 0 Å². The van der Waals surface area contributed by atoms with E-state index < -0.39 is 0 Å². The van der Waals surface area contributed by atoms with Gasteiger partial charge in [0.25, 0.3) is 5.82 Å². The van der Waals surface area contributed by atoms with Crippen molar-refractivity contribution in [2.45, 2.75) is 20.8 Å². The maximum atomic E-state index is 6.14. The first-order valence-corrected chi connectivity index (χ1v) is 11.2. The maximum absolute atomic E-state index is 6.14. The van der Waals surface area contributed by atoms with E-state index >= 15 is 0 Å². The van der Waals surface area contributed by atoms with E-state index in [9.17, 15) is 0 Å². The Balaban J connectivity index is 1.71. The monoisotopic (exact) mass is 431 g/mol. The van der Waals surface area contributed by atoms with Gasteiger partial charge in [-0.1, -0.05) is 36.4 Å². The van der Waals surface area contributed by atoms with Gasteiger partial charge in [0.15, 0.2) is 11.1 Å². The lowest BCUT2D eigenvalue weighted by molar-refractivity contribution is -0.664. The van der Waals surface area contributed by atoms with Crippen LogP contribution in [0.25, 0.3) is 55.6 Å². The molecule has 4 aromatic heterocycles. The molecule has 0 radical (unpaired) electrons. The Kier molecular flexibility index (Phi) is 3.48. The van der Waals surface area contributed by atoms with Crippen LogP contribution in [-0.2, 0) is 7.05 Å². The highest BCUT2D eigenvalue weighted by molar-refractivity contribution is 6.05. The molecule has 160 valence electrons. The number of hydrogen-bond donors (Lipinski definition) is 0. The number of rotatable bonds is 1. The molecule has 0 aliphatic carbocycles. The third-order valence-corrected chi connectivity index (χ3v) is 7.05. The molecule has 0 N–H and O–H groups in total. The molecule has 0 atom stereocenters. The maximum Gasteiger partial charge on any atom is 0.312 e. The highest BCUT2D eigenvalue weighted by atomic mass is 16.3. The van der Waals surface area contributed by atoms with Crippen LogP contribution < -0.4 is 4.57 Å². The average Bonchev–Trinajstić information content (AvgIpc) is 3.45. The number of pyridine rings is 1. The van der Waals surface area contributed by atoms with Gasteiger partial charge in [-0.15, -0.1) is 0 Å². The van der Waals surface area contributed by atoms with E-state index in [4.69, 9.17) is 9.40 Å². The van der Waals surface area contributed by atoms with Crippen molar-refractivity contribution in [1.29, 1.82) is 0 Å². The molecule has 0 saturated carbocycles. The molecule has 0 aliphatic rings. The summed E-state index contributed by atoms with van der Waals surface area (Å²) in [5, 5.41) is 2.23. The summed E-state index contributed by atoms with van der Waals surface area (Å²) in [6.45, 7) is 6.50. The minimum absolute atomic E-state index is 0.882. The Hall–Kier alpha value is -4.12. The van der Waals surface area contributed by atoms with Crippen molar-refractivity contribution < 1.29 is 8.98 Å². The van der Waals surface area contributed by atoms with Crippen molar-refractivity contribution in [1.82, 2.24) is 14.0 Å². The molecule has 0 bridgehead atoms. The molecular formula is C28H23N4O+. The van der Waals surface area contributed by atoms with Crippen LogP contribution in [-0.4, -0.2) is 14.0 Å². The summed E-state index contributed by atoms with van der Waals surface area (Å²) in [7, 11) is 2.07. The minimum atomic E-state index is 0.882. The fraction of sp³-hybridized carbons (Fsp3) is 0.143. The number of furan rings is 1. The lowest BCUT2D eigenvalue weighted by Gasteiger charge is -2.05. The van der Waals surface area contributed by atoms with Gasteiger partial charge < -0.3 is 4.42 Å². The first kappa shape index (κ1) is 18.5. The number of fused-ring (bicyclic) bond motifs is 8. The largest absolute Gasteiger partial charge is 0.452 e. The van der Waals surface area contributed by atoms with E-state index in [1.807, 2.05) is 12.1 Å². The summed E-state index contributed by atoms with van der Waals surface area (Å²) in [6.07, 6.45) is 2.08. The molecule has 0 aliphatic heterocycles. The van der Waals surface area contributed by atoms with Gasteiger partial charge in [0.05, 0.1) is 23.6 Å². The van der Waals surface area contributed by atoms with Crippen LogP contribution in [0, 0.1) is 20.8 Å². The predicted molar refractivity (Wildman–Crippen MR) is 132 cm³/mol. The van der Waals surface area contributed by atoms with Crippen LogP contribution in [0.15, 0.2) is 71.3 Å². The second-order valence-corrected chi connectivity index (χ2v) is 9.02. The first-order valence-electron chi connectivity index (χ1n) is 11.2. The Bertz CT molecular complexity index is 1920. The van der Waals surface area contributed by atoms with Crippen molar-refractivity contribution >= 4 is 49.8 Å². The second-order valence-electron chi connectivity index (χ2n) is 9.02. The van der Waals surface area contributed by atoms with Gasteiger partial charge >= 0.3 is 5.78 Å². The zero-order valence-electron chi connectivity index (χ0n) is 19.0. The van der Waals surface area contributed by atoms with Gasteiger partial charge in [0.1, 0.15) is 11.8 Å². The second kappa shape index (κ2) is 6.23. The van der Waals surface area contributed by atoms with Gasteiger partial charge in [-0.3, -0.25) is 4.40 Å². The first-order chi connectivity index (χ1) is 16.0. The summed E-state index contributed by atoms with van der Waals surface area (Å²) in [6, 6.07) is 21.3. The number of para-hydroxylation sites is 2. The van der Waals surface area contributed by atoms with Crippen LogP contribution in [0.2, 0.25) is 0 Å². The van der Waals surface area contributed by atoms with E-state index in [2.05, 4.69) is 96.1 Å². The third kappa shape index (κ3) is 2.31. The summed E-state index contributed by atoms with van der Waals surface area (Å²) >= 11 is 0. The van der Waals surface area contributed by atoms with Gasteiger partial charge in [-0.2, -0.15) is 9.55 Å². The molecule has 0 unspecified atom stereocenters. The van der Waals surface area contributed by atoms with Crippen molar-refractivity contribution in [2.75, 3.05) is 0 Å². The van der Waals surface area contributed by atoms with Gasteiger partial charge in [-0.05, 0) is 50.1 Å². The van der Waals surface area contributed by atoms with E-state index in [0.29, 0.717) is 0 Å². The lowest BCUT2D eigenvalue weighted by Crippen LogP contribution is -2.33. The Labute approximate surface area is 190 Å². The fourth-order valence-electron chi connectivity index (χ4n) is 5.21. The average molecular weight is 432 g/mol. The Morgan fingerprint density at radius 3 is 2.55 bits per heavy atom. The summed E-state index contributed by atoms with van der Waals surface area (Å²) < 4.78 is 12.9. The Morgan fingerprint density at radius 1 is 0.818 bits per heavy atom. The molecule has 4 heterocycles. The van der Waals surface area contributed by atoms with Crippen molar-refractivity contribution in [2.24, 2.45) is 7.05 Å². The molecule has 3 aromatic carbocycles. The quantitative estimate of drug-likeness (QED) is 0.296. The number of hydrogen-bond acceptors (Lipinski definition) is 2. The smallest absolute Gasteiger partial charge is 0.312 e. The van der Waals surface area contributed by atoms with Crippen molar-refractivity contribution in [3.63, 3.8) is 0 Å². The van der Waals surface area contributed by atoms with Gasteiger partial charge in [0, 0.05) is 22.4 Å². The third-order valence-electron chi connectivity index (χ3n) is 7.05. The standard InChI is InChI=1S/C28H23N4O/c1-16-12-13-22-27(18(16)3)32(28-29-26-17(2)8-7-10-21(26)31(22)28)25-14-20-19-9-5-6-11-23(19)33-24(20)15-30(25)4/h5-15H,1-4H3/q+1. The molecular weight excluding hydrogens is 408 g/mol. The summed E-state index contributed by atoms with van der Waals surface area (Å²) in [4.78, 5) is 5.16. The molecule has 0 amide bonds. The highest BCUT2D eigenvalue weighted by Crippen LogP contribution is 2.34. The van der Waals surface area contributed by atoms with Gasteiger partial charge in [0.2, 0.25) is 0 Å². The number of aryl methyl sites for hydroxylation is 4. The van der Waals surface area contributed by atoms with E-state index in [-0.39, 0.29) is 0 Å². The van der Waals surface area contributed by atoms with E-state index in [0.717, 1.165) is 44.6 Å². The number of imidazole rings is 2. The van der Waals surface area contributed by atoms with Crippen LogP contribution in [0.3, 0.4) is 0 Å². The molecule has 5 heteroatoms. The van der Waals surface area contributed by atoms with Crippen molar-refractivity contribution in [3.05, 3.63) is 83.6 Å². The zero-order valence-corrected chi connectivity index (χ0v) is 19.0. The molecule has 33 heavy (non-hydrogen) atoms. The predicted octanol–water partition coefficient (Wildman–Crippen LogP) is 6.08. The number of benzene rings is 3. The van der Waals surface area contributed by atoms with E-state index in [1.165, 1.54) is 27.7 Å². The molecule has 7 rings (SSSR count). The topological polar surface area (TPSA) is 39.2 Å². The highest BCUT2D eigenvalue weighted by Gasteiger charge is 2.28. The molecule has 7 aromatic rings. The van der Waals surface area contributed by atoms with Gasteiger partial charge in [-0.25, -0.2) is 4.57 Å². The number of nitrogens with zero attached hydrogens (tertiary/aromatic N) is 4. The van der Waals surface area contributed by atoms with Crippen LogP contribution in [0.4, 0.5) is 0 Å².